The van der Waals surface area contributed by atoms with E-state index in [-0.39, 0.29) is 39.2 Å². The molecular formula is C27H27ClF2N4O3. The van der Waals surface area contributed by atoms with E-state index in [1.165, 1.54) is 24.3 Å². The molecule has 37 heavy (non-hydrogen) atoms. The van der Waals surface area contributed by atoms with Crippen LogP contribution >= 0.6 is 11.6 Å². The molecule has 2 saturated carbocycles. The fraction of sp³-hybridized carbons (Fsp3) is 0.444. The Balaban J connectivity index is 1.39. The highest BCUT2D eigenvalue weighted by Crippen LogP contribution is 2.53. The van der Waals surface area contributed by atoms with Crippen LogP contribution in [0.4, 0.5) is 14.5 Å². The molecule has 3 aliphatic rings. The molecule has 1 aliphatic heterocycles. The van der Waals surface area contributed by atoms with Gasteiger partial charge in [0.15, 0.2) is 0 Å². The monoisotopic (exact) mass is 528 g/mol. The zero-order valence-electron chi connectivity index (χ0n) is 20.4. The van der Waals surface area contributed by atoms with Crippen LogP contribution in [-0.4, -0.2) is 26.4 Å². The maximum Gasteiger partial charge on any atom is 0.350 e. The Hall–Kier alpha value is -3.20. The number of hydrogen-bond donors (Lipinski definition) is 1. The fourth-order valence-electron chi connectivity index (χ4n) is 5.31. The van der Waals surface area contributed by atoms with Crippen molar-refractivity contribution in [2.45, 2.75) is 64.5 Å². The Morgan fingerprint density at radius 2 is 2.00 bits per heavy atom. The Morgan fingerprint density at radius 1 is 1.22 bits per heavy atom. The molecule has 2 aliphatic carbocycles. The normalized spacial score (nSPS) is 18.7. The molecule has 2 heterocycles. The number of fused-ring (bicyclic) bond motifs is 1. The van der Waals surface area contributed by atoms with Crippen LogP contribution in [0.2, 0.25) is 5.02 Å². The lowest BCUT2D eigenvalue weighted by molar-refractivity contribution is 0.0930. The molecule has 1 atom stereocenters. The first-order chi connectivity index (χ1) is 17.7. The van der Waals surface area contributed by atoms with Crippen LogP contribution in [0.1, 0.15) is 61.6 Å². The van der Waals surface area contributed by atoms with Gasteiger partial charge < -0.3 is 10.1 Å². The highest BCUT2D eigenvalue weighted by molar-refractivity contribution is 6.34. The number of hydrogen-bond acceptors (Lipinski definition) is 4. The molecule has 2 fully saturated rings. The van der Waals surface area contributed by atoms with Gasteiger partial charge in [-0.2, -0.15) is 4.68 Å². The number of para-hydroxylation sites is 1. The highest BCUT2D eigenvalue weighted by Gasteiger charge is 2.46. The van der Waals surface area contributed by atoms with Crippen molar-refractivity contribution >= 4 is 23.2 Å². The van der Waals surface area contributed by atoms with Gasteiger partial charge in [-0.3, -0.25) is 9.36 Å². The van der Waals surface area contributed by atoms with E-state index in [1.807, 2.05) is 6.92 Å². The molecule has 3 aromatic rings. The number of carbonyl (C=O) groups is 1. The highest BCUT2D eigenvalue weighted by atomic mass is 35.5. The molecule has 1 aromatic heterocycles. The number of rotatable bonds is 6. The van der Waals surface area contributed by atoms with Crippen molar-refractivity contribution in [2.24, 2.45) is 11.3 Å². The lowest BCUT2D eigenvalue weighted by atomic mass is 9.82. The summed E-state index contributed by atoms with van der Waals surface area (Å²) in [7, 11) is 0. The van der Waals surface area contributed by atoms with Gasteiger partial charge in [-0.15, -0.1) is 5.10 Å². The number of halogens is 3. The predicted octanol–water partition coefficient (Wildman–Crippen LogP) is 5.51. The predicted molar refractivity (Wildman–Crippen MR) is 135 cm³/mol. The lowest BCUT2D eigenvalue weighted by Gasteiger charge is -2.32. The summed E-state index contributed by atoms with van der Waals surface area (Å²) in [5.74, 6) is -1.26. The fourth-order valence-corrected chi connectivity index (χ4v) is 5.52. The van der Waals surface area contributed by atoms with Crippen LogP contribution in [0, 0.1) is 23.0 Å². The van der Waals surface area contributed by atoms with Crippen molar-refractivity contribution in [3.05, 3.63) is 68.9 Å². The Kier molecular flexibility index (Phi) is 5.86. The van der Waals surface area contributed by atoms with Gasteiger partial charge in [0.05, 0.1) is 22.4 Å². The number of anilines is 1. The van der Waals surface area contributed by atoms with E-state index in [0.29, 0.717) is 24.7 Å². The standard InChI is InChI=1S/C27H27ClF2N4O3/c1-15(16-4-2-5-16)37-22-13-21(34-26(36)33-11-10-27(8-9-27)14-23(33)32-34)20(30)12-17(22)25(35)31-24-18(28)6-3-7-19(24)29/h3,6-7,12-13,15-16H,2,4-5,8-11,14H2,1H3,(H,31,35)/t15-/m0/s1. The third kappa shape index (κ3) is 4.33. The largest absolute Gasteiger partial charge is 0.490 e. The molecule has 0 radical (unpaired) electrons. The second kappa shape index (κ2) is 8.97. The number of aromatic nitrogens is 3. The molecule has 1 spiro atoms. The summed E-state index contributed by atoms with van der Waals surface area (Å²) in [5.41, 5.74) is -0.609. The summed E-state index contributed by atoms with van der Waals surface area (Å²) in [4.78, 5) is 26.4. The Bertz CT molecular complexity index is 1440. The van der Waals surface area contributed by atoms with E-state index in [4.69, 9.17) is 16.3 Å². The minimum absolute atomic E-state index is 0.0133. The van der Waals surface area contributed by atoms with E-state index < -0.39 is 23.2 Å². The summed E-state index contributed by atoms with van der Waals surface area (Å²) in [6.45, 7) is 2.46. The van der Waals surface area contributed by atoms with Crippen LogP contribution in [0.3, 0.4) is 0 Å². The van der Waals surface area contributed by atoms with Crippen molar-refractivity contribution in [3.63, 3.8) is 0 Å². The van der Waals surface area contributed by atoms with Crippen LogP contribution < -0.4 is 15.7 Å². The number of nitrogens with zero attached hydrogens (tertiary/aromatic N) is 3. The van der Waals surface area contributed by atoms with Gasteiger partial charge in [-0.1, -0.05) is 24.1 Å². The molecule has 6 rings (SSSR count). The first-order valence-electron chi connectivity index (χ1n) is 12.7. The second-order valence-electron chi connectivity index (χ2n) is 10.6. The van der Waals surface area contributed by atoms with Gasteiger partial charge in [-0.05, 0) is 68.6 Å². The number of benzene rings is 2. The molecule has 2 aromatic carbocycles. The van der Waals surface area contributed by atoms with E-state index >= 15 is 4.39 Å². The van der Waals surface area contributed by atoms with Gasteiger partial charge in [0, 0.05) is 19.0 Å². The van der Waals surface area contributed by atoms with Crippen molar-refractivity contribution in [2.75, 3.05) is 5.32 Å². The maximum atomic E-state index is 15.5. The topological polar surface area (TPSA) is 78.2 Å². The Morgan fingerprint density at radius 3 is 2.68 bits per heavy atom. The number of carbonyl (C=O) groups excluding carboxylic acids is 1. The molecule has 1 N–H and O–H groups in total. The smallest absolute Gasteiger partial charge is 0.350 e. The summed E-state index contributed by atoms with van der Waals surface area (Å²) >= 11 is 6.07. The van der Waals surface area contributed by atoms with Gasteiger partial charge in [-0.25, -0.2) is 13.6 Å². The minimum Gasteiger partial charge on any atom is -0.490 e. The van der Waals surface area contributed by atoms with Crippen molar-refractivity contribution < 1.29 is 18.3 Å². The lowest BCUT2D eigenvalue weighted by Crippen LogP contribution is -2.31. The van der Waals surface area contributed by atoms with Crippen LogP contribution in [0.15, 0.2) is 35.1 Å². The first-order valence-corrected chi connectivity index (χ1v) is 13.1. The van der Waals surface area contributed by atoms with Gasteiger partial charge in [0.1, 0.15) is 28.9 Å². The van der Waals surface area contributed by atoms with E-state index in [0.717, 1.165) is 49.3 Å². The first kappa shape index (κ1) is 24.2. The molecular weight excluding hydrogens is 502 g/mol. The summed E-state index contributed by atoms with van der Waals surface area (Å²) in [5, 5.41) is 6.92. The second-order valence-corrected chi connectivity index (χ2v) is 11.0. The van der Waals surface area contributed by atoms with Gasteiger partial charge >= 0.3 is 5.69 Å². The average molecular weight is 529 g/mol. The third-order valence-corrected chi connectivity index (χ3v) is 8.46. The zero-order valence-corrected chi connectivity index (χ0v) is 21.2. The quantitative estimate of drug-likeness (QED) is 0.457. The van der Waals surface area contributed by atoms with Gasteiger partial charge in [0.25, 0.3) is 5.91 Å². The molecule has 0 saturated heterocycles. The van der Waals surface area contributed by atoms with E-state index in [9.17, 15) is 14.0 Å². The van der Waals surface area contributed by atoms with E-state index in [1.54, 1.807) is 4.57 Å². The maximum absolute atomic E-state index is 15.5. The Labute approximate surface area is 217 Å². The zero-order chi connectivity index (χ0) is 25.9. The van der Waals surface area contributed by atoms with Crippen molar-refractivity contribution in [1.82, 2.24) is 14.3 Å². The SMILES string of the molecule is C[C@H](Oc1cc(-n2nc3n(c2=O)CCC2(CC2)C3)c(F)cc1C(=O)Nc1c(F)cccc1Cl)C1CCC1. The number of nitrogens with one attached hydrogen (secondary N) is 1. The summed E-state index contributed by atoms with van der Waals surface area (Å²) in [6.07, 6.45) is 6.71. The van der Waals surface area contributed by atoms with Crippen molar-refractivity contribution in [1.29, 1.82) is 0 Å². The molecule has 194 valence electrons. The molecule has 0 bridgehead atoms. The van der Waals surface area contributed by atoms with E-state index in [2.05, 4.69) is 10.4 Å². The minimum atomic E-state index is -0.813. The number of amides is 1. The average Bonchev–Trinajstić information content (AvgIpc) is 3.49. The van der Waals surface area contributed by atoms with Crippen LogP contribution in [0.5, 0.6) is 5.75 Å². The molecule has 7 nitrogen and oxygen atoms in total. The van der Waals surface area contributed by atoms with Gasteiger partial charge in [0.2, 0.25) is 0 Å². The van der Waals surface area contributed by atoms with Crippen molar-refractivity contribution in [3.8, 4) is 11.4 Å². The van der Waals surface area contributed by atoms with Crippen LogP contribution in [-0.2, 0) is 13.0 Å². The molecule has 0 unspecified atom stereocenters. The summed E-state index contributed by atoms with van der Waals surface area (Å²) < 4.78 is 38.7. The summed E-state index contributed by atoms with van der Waals surface area (Å²) in [6, 6.07) is 6.38. The third-order valence-electron chi connectivity index (χ3n) is 8.14. The molecule has 1 amide bonds. The molecule has 10 heteroatoms. The van der Waals surface area contributed by atoms with Crippen LogP contribution in [0.25, 0.3) is 5.69 Å². The number of ether oxygens (including phenoxy) is 1.